The van der Waals surface area contributed by atoms with Crippen molar-refractivity contribution in [3.05, 3.63) is 53.6 Å². The Morgan fingerprint density at radius 1 is 1.26 bits per heavy atom. The van der Waals surface area contributed by atoms with Crippen molar-refractivity contribution in [3.63, 3.8) is 0 Å². The maximum atomic E-state index is 12.2. The molecular formula is C21H26N6O4. The predicted octanol–water partition coefficient (Wildman–Crippen LogP) is 1.75. The molecule has 3 heterocycles. The summed E-state index contributed by atoms with van der Waals surface area (Å²) in [6.07, 6.45) is 4.37. The third kappa shape index (κ3) is 4.38. The maximum absolute atomic E-state index is 12.2. The Labute approximate surface area is 179 Å². The van der Waals surface area contributed by atoms with Crippen LogP contribution in [-0.4, -0.2) is 51.5 Å². The zero-order valence-corrected chi connectivity index (χ0v) is 17.8. The minimum absolute atomic E-state index is 0.0384. The van der Waals surface area contributed by atoms with Crippen molar-refractivity contribution in [1.82, 2.24) is 30.0 Å². The SMILES string of the molecule is CCc1nc([C@H]2OCC(=O)N[C@@H]2c2ccc(OC)c(OC)c2)n(CCc2cnc[nH]2)n1. The first-order valence-electron chi connectivity index (χ1n) is 10.2. The van der Waals surface area contributed by atoms with Gasteiger partial charge in [0.2, 0.25) is 5.91 Å². The Bertz CT molecular complexity index is 1030. The van der Waals surface area contributed by atoms with E-state index in [9.17, 15) is 4.79 Å². The summed E-state index contributed by atoms with van der Waals surface area (Å²) in [5.74, 6) is 2.41. The highest BCUT2D eigenvalue weighted by atomic mass is 16.5. The molecule has 1 aromatic carbocycles. The van der Waals surface area contributed by atoms with Crippen molar-refractivity contribution in [2.75, 3.05) is 20.8 Å². The molecule has 2 N–H and O–H groups in total. The number of aromatic nitrogens is 5. The molecular weight excluding hydrogens is 400 g/mol. The number of nitrogens with one attached hydrogen (secondary N) is 2. The van der Waals surface area contributed by atoms with Gasteiger partial charge in [0.15, 0.2) is 23.1 Å². The Morgan fingerprint density at radius 3 is 2.81 bits per heavy atom. The molecule has 10 nitrogen and oxygen atoms in total. The van der Waals surface area contributed by atoms with E-state index in [4.69, 9.17) is 19.2 Å². The molecule has 2 atom stereocenters. The first kappa shape index (κ1) is 20.9. The van der Waals surface area contributed by atoms with Crippen molar-refractivity contribution in [2.24, 2.45) is 0 Å². The number of rotatable bonds is 8. The lowest BCUT2D eigenvalue weighted by atomic mass is 9.98. The average Bonchev–Trinajstić information content (AvgIpc) is 3.46. The Kier molecular flexibility index (Phi) is 6.17. The van der Waals surface area contributed by atoms with Crippen LogP contribution in [0.5, 0.6) is 11.5 Å². The zero-order valence-electron chi connectivity index (χ0n) is 17.8. The van der Waals surface area contributed by atoms with Gasteiger partial charge >= 0.3 is 0 Å². The Morgan fingerprint density at radius 2 is 2.10 bits per heavy atom. The van der Waals surface area contributed by atoms with Crippen LogP contribution in [0.3, 0.4) is 0 Å². The molecule has 3 aromatic rings. The highest BCUT2D eigenvalue weighted by molar-refractivity contribution is 5.78. The van der Waals surface area contributed by atoms with Crippen LogP contribution < -0.4 is 14.8 Å². The number of ether oxygens (including phenoxy) is 3. The summed E-state index contributed by atoms with van der Waals surface area (Å²) in [5, 5.41) is 7.68. The number of nitrogens with zero attached hydrogens (tertiary/aromatic N) is 4. The maximum Gasteiger partial charge on any atom is 0.246 e. The number of aromatic amines is 1. The van der Waals surface area contributed by atoms with Crippen molar-refractivity contribution < 1.29 is 19.0 Å². The molecule has 1 amide bonds. The third-order valence-corrected chi connectivity index (χ3v) is 5.24. The molecule has 0 bridgehead atoms. The smallest absolute Gasteiger partial charge is 0.246 e. The lowest BCUT2D eigenvalue weighted by Crippen LogP contribution is -2.42. The standard InChI is InChI=1S/C21H26N6O4/c1-4-17-24-21(27(26-17)8-7-14-10-22-12-23-14)20-19(25-18(28)11-31-20)13-5-6-15(29-2)16(9-13)30-3/h5-6,9-10,12,19-20H,4,7-8,11H2,1-3H3,(H,22,23)(H,25,28)/t19-,20+/m1/s1. The lowest BCUT2D eigenvalue weighted by molar-refractivity contribution is -0.138. The fourth-order valence-electron chi connectivity index (χ4n) is 3.66. The number of aryl methyl sites for hydroxylation is 3. The van der Waals surface area contributed by atoms with E-state index >= 15 is 0 Å². The topological polar surface area (TPSA) is 116 Å². The van der Waals surface area contributed by atoms with Gasteiger partial charge in [-0.15, -0.1) is 0 Å². The third-order valence-electron chi connectivity index (χ3n) is 5.24. The Hall–Kier alpha value is -3.40. The number of hydrogen-bond acceptors (Lipinski definition) is 7. The fourth-order valence-corrected chi connectivity index (χ4v) is 3.66. The van der Waals surface area contributed by atoms with Gasteiger partial charge in [-0.05, 0) is 17.7 Å². The molecule has 0 aliphatic carbocycles. The molecule has 1 fully saturated rings. The highest BCUT2D eigenvalue weighted by Crippen LogP contribution is 2.37. The molecule has 10 heteroatoms. The van der Waals surface area contributed by atoms with Crippen LogP contribution >= 0.6 is 0 Å². The normalized spacial score (nSPS) is 18.6. The molecule has 2 aromatic heterocycles. The lowest BCUT2D eigenvalue weighted by Gasteiger charge is -2.32. The molecule has 1 aliphatic heterocycles. The Balaban J connectivity index is 1.68. The monoisotopic (exact) mass is 426 g/mol. The van der Waals surface area contributed by atoms with E-state index < -0.39 is 12.1 Å². The number of carbonyl (C=O) groups excluding carboxylic acids is 1. The molecule has 0 radical (unpaired) electrons. The van der Waals surface area contributed by atoms with Crippen molar-refractivity contribution in [2.45, 2.75) is 38.5 Å². The van der Waals surface area contributed by atoms with E-state index in [2.05, 4.69) is 20.4 Å². The molecule has 164 valence electrons. The molecule has 0 spiro atoms. The summed E-state index contributed by atoms with van der Waals surface area (Å²) in [7, 11) is 3.16. The van der Waals surface area contributed by atoms with E-state index in [-0.39, 0.29) is 12.5 Å². The molecule has 4 rings (SSSR count). The number of benzene rings is 1. The zero-order chi connectivity index (χ0) is 21.8. The summed E-state index contributed by atoms with van der Waals surface area (Å²) >= 11 is 0. The second-order valence-electron chi connectivity index (χ2n) is 7.18. The van der Waals surface area contributed by atoms with Crippen LogP contribution in [0, 0.1) is 0 Å². The van der Waals surface area contributed by atoms with E-state index in [1.165, 1.54) is 0 Å². The molecule has 1 aliphatic rings. The van der Waals surface area contributed by atoms with Gasteiger partial charge in [-0.25, -0.2) is 14.6 Å². The van der Waals surface area contributed by atoms with Gasteiger partial charge in [0, 0.05) is 31.3 Å². The number of carbonyl (C=O) groups is 1. The van der Waals surface area contributed by atoms with Crippen LogP contribution in [-0.2, 0) is 28.9 Å². The van der Waals surface area contributed by atoms with Crippen LogP contribution in [0.25, 0.3) is 0 Å². The number of hydrogen-bond donors (Lipinski definition) is 2. The van der Waals surface area contributed by atoms with E-state index in [0.29, 0.717) is 30.3 Å². The minimum Gasteiger partial charge on any atom is -0.493 e. The molecule has 31 heavy (non-hydrogen) atoms. The van der Waals surface area contributed by atoms with Gasteiger partial charge in [-0.2, -0.15) is 5.10 Å². The number of methoxy groups -OCH3 is 2. The van der Waals surface area contributed by atoms with Gasteiger partial charge in [0.05, 0.1) is 26.6 Å². The van der Waals surface area contributed by atoms with E-state index in [0.717, 1.165) is 23.5 Å². The van der Waals surface area contributed by atoms with Crippen LogP contribution in [0.2, 0.25) is 0 Å². The van der Waals surface area contributed by atoms with Gasteiger partial charge in [0.1, 0.15) is 12.7 Å². The first-order chi connectivity index (χ1) is 15.1. The van der Waals surface area contributed by atoms with Crippen LogP contribution in [0.1, 0.15) is 42.0 Å². The number of amides is 1. The fraction of sp³-hybridized carbons (Fsp3) is 0.429. The number of imidazole rings is 1. The summed E-state index contributed by atoms with van der Waals surface area (Å²) in [5.41, 5.74) is 1.84. The second-order valence-corrected chi connectivity index (χ2v) is 7.18. The van der Waals surface area contributed by atoms with Crippen molar-refractivity contribution in [3.8, 4) is 11.5 Å². The number of H-pyrrole nitrogens is 1. The largest absolute Gasteiger partial charge is 0.493 e. The van der Waals surface area contributed by atoms with Gasteiger partial charge in [0.25, 0.3) is 0 Å². The van der Waals surface area contributed by atoms with Gasteiger partial charge in [-0.1, -0.05) is 13.0 Å². The predicted molar refractivity (Wildman–Crippen MR) is 111 cm³/mol. The van der Waals surface area contributed by atoms with Crippen LogP contribution in [0.15, 0.2) is 30.7 Å². The quantitative estimate of drug-likeness (QED) is 0.564. The summed E-state index contributed by atoms with van der Waals surface area (Å²) in [4.78, 5) is 24.1. The minimum atomic E-state index is -0.495. The van der Waals surface area contributed by atoms with Crippen LogP contribution in [0.4, 0.5) is 0 Å². The summed E-state index contributed by atoms with van der Waals surface area (Å²) < 4.78 is 18.6. The highest BCUT2D eigenvalue weighted by Gasteiger charge is 2.36. The van der Waals surface area contributed by atoms with E-state index in [1.807, 2.05) is 29.8 Å². The molecule has 0 saturated carbocycles. The van der Waals surface area contributed by atoms with Gasteiger partial charge < -0.3 is 24.5 Å². The summed E-state index contributed by atoms with van der Waals surface area (Å²) in [6, 6.07) is 5.10. The first-order valence-corrected chi connectivity index (χ1v) is 10.2. The van der Waals surface area contributed by atoms with Crippen molar-refractivity contribution in [1.29, 1.82) is 0 Å². The number of morpholine rings is 1. The van der Waals surface area contributed by atoms with Crippen molar-refractivity contribution >= 4 is 5.91 Å². The molecule has 0 unspecified atom stereocenters. The van der Waals surface area contributed by atoms with E-state index in [1.54, 1.807) is 26.7 Å². The van der Waals surface area contributed by atoms with Gasteiger partial charge in [-0.3, -0.25) is 4.79 Å². The second kappa shape index (κ2) is 9.17. The molecule has 1 saturated heterocycles. The summed E-state index contributed by atoms with van der Waals surface area (Å²) in [6.45, 7) is 2.58. The average molecular weight is 426 g/mol.